The molecule has 164 valence electrons. The average Bonchev–Trinajstić information content (AvgIpc) is 2.84. The molecule has 0 radical (unpaired) electrons. The molecular formula is C26H27N3O3. The second-order valence-corrected chi connectivity index (χ2v) is 8.00. The Labute approximate surface area is 188 Å². The number of aromatic nitrogens is 1. The minimum atomic E-state index is -0.159. The molecule has 0 bridgehead atoms. The fourth-order valence-corrected chi connectivity index (χ4v) is 4.09. The molecule has 0 saturated carbocycles. The van der Waals surface area contributed by atoms with Crippen LogP contribution in [0.3, 0.4) is 0 Å². The number of nitrogens with one attached hydrogen (secondary N) is 1. The lowest BCUT2D eigenvalue weighted by Gasteiger charge is -2.32. The van der Waals surface area contributed by atoms with Crippen molar-refractivity contribution in [3.05, 3.63) is 89.2 Å². The first-order valence-electron chi connectivity index (χ1n) is 10.8. The van der Waals surface area contributed by atoms with Crippen molar-refractivity contribution in [2.75, 3.05) is 25.5 Å². The van der Waals surface area contributed by atoms with Crippen molar-refractivity contribution in [1.82, 2.24) is 9.88 Å². The van der Waals surface area contributed by atoms with E-state index in [-0.39, 0.29) is 17.7 Å². The number of para-hydroxylation sites is 1. The Hall–Kier alpha value is -3.67. The molecule has 1 saturated heterocycles. The Morgan fingerprint density at radius 2 is 1.75 bits per heavy atom. The largest absolute Gasteiger partial charge is 0.497 e. The van der Waals surface area contributed by atoms with Gasteiger partial charge in [0, 0.05) is 36.0 Å². The molecule has 1 N–H and O–H groups in total. The zero-order valence-electron chi connectivity index (χ0n) is 18.4. The van der Waals surface area contributed by atoms with Crippen molar-refractivity contribution < 1.29 is 14.3 Å². The molecule has 6 heteroatoms. The van der Waals surface area contributed by atoms with Crippen LogP contribution in [0.2, 0.25) is 0 Å². The van der Waals surface area contributed by atoms with E-state index in [2.05, 4.69) is 5.32 Å². The minimum Gasteiger partial charge on any atom is -0.497 e. The molecule has 0 aliphatic carbocycles. The van der Waals surface area contributed by atoms with Crippen LogP contribution >= 0.6 is 0 Å². The summed E-state index contributed by atoms with van der Waals surface area (Å²) in [5.41, 5.74) is 3.66. The van der Waals surface area contributed by atoms with Crippen LogP contribution in [-0.2, 0) is 0 Å². The van der Waals surface area contributed by atoms with Gasteiger partial charge in [0.25, 0.3) is 11.8 Å². The third-order valence-corrected chi connectivity index (χ3v) is 5.83. The fourth-order valence-electron chi connectivity index (χ4n) is 4.09. The van der Waals surface area contributed by atoms with Crippen LogP contribution in [0.4, 0.5) is 5.69 Å². The van der Waals surface area contributed by atoms with Crippen molar-refractivity contribution in [2.45, 2.75) is 25.7 Å². The van der Waals surface area contributed by atoms with E-state index in [4.69, 9.17) is 9.72 Å². The van der Waals surface area contributed by atoms with E-state index in [9.17, 15) is 9.59 Å². The maximum atomic E-state index is 13.0. The SMILES string of the molecule is COc1cccc(C(=O)N2CCC(c3nc(C)ccc3C(=O)Nc3ccccc3)CC2)c1. The zero-order chi connectivity index (χ0) is 22.5. The highest BCUT2D eigenvalue weighted by Gasteiger charge is 2.28. The number of pyridine rings is 1. The highest BCUT2D eigenvalue weighted by Crippen LogP contribution is 2.30. The van der Waals surface area contributed by atoms with E-state index in [1.807, 2.05) is 72.5 Å². The van der Waals surface area contributed by atoms with Gasteiger partial charge in [-0.3, -0.25) is 14.6 Å². The lowest BCUT2D eigenvalue weighted by Crippen LogP contribution is -2.38. The first-order valence-corrected chi connectivity index (χ1v) is 10.8. The van der Waals surface area contributed by atoms with E-state index in [1.165, 1.54) is 0 Å². The van der Waals surface area contributed by atoms with Gasteiger partial charge in [-0.25, -0.2) is 0 Å². The summed E-state index contributed by atoms with van der Waals surface area (Å²) in [5.74, 6) is 0.639. The Balaban J connectivity index is 1.48. The maximum absolute atomic E-state index is 13.0. The lowest BCUT2D eigenvalue weighted by atomic mass is 9.89. The van der Waals surface area contributed by atoms with E-state index in [0.717, 1.165) is 29.9 Å². The van der Waals surface area contributed by atoms with Crippen LogP contribution in [0, 0.1) is 6.92 Å². The lowest BCUT2D eigenvalue weighted by molar-refractivity contribution is 0.0710. The van der Waals surface area contributed by atoms with Gasteiger partial charge >= 0.3 is 0 Å². The Bertz CT molecular complexity index is 1110. The third-order valence-electron chi connectivity index (χ3n) is 5.83. The highest BCUT2D eigenvalue weighted by atomic mass is 16.5. The van der Waals surface area contributed by atoms with Crippen LogP contribution in [0.5, 0.6) is 5.75 Å². The molecule has 2 amide bonds. The van der Waals surface area contributed by atoms with Gasteiger partial charge in [0.1, 0.15) is 5.75 Å². The smallest absolute Gasteiger partial charge is 0.257 e. The van der Waals surface area contributed by atoms with Crippen LogP contribution in [-0.4, -0.2) is 41.9 Å². The number of amides is 2. The van der Waals surface area contributed by atoms with Crippen molar-refractivity contribution in [3.8, 4) is 5.75 Å². The van der Waals surface area contributed by atoms with E-state index < -0.39 is 0 Å². The number of ether oxygens (including phenoxy) is 1. The van der Waals surface area contributed by atoms with Gasteiger partial charge in [0.15, 0.2) is 0 Å². The van der Waals surface area contributed by atoms with Gasteiger partial charge in [-0.15, -0.1) is 0 Å². The number of hydrogen-bond acceptors (Lipinski definition) is 4. The Morgan fingerprint density at radius 3 is 2.47 bits per heavy atom. The molecule has 1 fully saturated rings. The van der Waals surface area contributed by atoms with Gasteiger partial charge in [-0.05, 0) is 62.2 Å². The molecule has 0 spiro atoms. The first kappa shape index (κ1) is 21.6. The molecule has 4 rings (SSSR count). The Morgan fingerprint density at radius 1 is 1.00 bits per heavy atom. The molecule has 1 aliphatic heterocycles. The summed E-state index contributed by atoms with van der Waals surface area (Å²) in [6.45, 7) is 3.18. The minimum absolute atomic E-state index is 0.00148. The predicted molar refractivity (Wildman–Crippen MR) is 124 cm³/mol. The number of rotatable bonds is 5. The molecule has 2 heterocycles. The number of nitrogens with zero attached hydrogens (tertiary/aromatic N) is 2. The van der Waals surface area contributed by atoms with Gasteiger partial charge in [0.05, 0.1) is 18.4 Å². The zero-order valence-corrected chi connectivity index (χ0v) is 18.4. The van der Waals surface area contributed by atoms with Crippen molar-refractivity contribution >= 4 is 17.5 Å². The van der Waals surface area contributed by atoms with Crippen molar-refractivity contribution in [1.29, 1.82) is 0 Å². The predicted octanol–water partition coefficient (Wildman–Crippen LogP) is 4.67. The number of anilines is 1. The van der Waals surface area contributed by atoms with Gasteiger partial charge in [-0.2, -0.15) is 0 Å². The topological polar surface area (TPSA) is 71.5 Å². The standard InChI is InChI=1S/C26H27N3O3/c1-18-11-12-23(25(30)28-21-8-4-3-5-9-21)24(27-18)19-13-15-29(16-14-19)26(31)20-7-6-10-22(17-20)32-2/h3-12,17,19H,13-16H2,1-2H3,(H,28,30). The molecule has 0 atom stereocenters. The normalized spacial score (nSPS) is 14.1. The molecule has 6 nitrogen and oxygen atoms in total. The number of aryl methyl sites for hydroxylation is 1. The summed E-state index contributed by atoms with van der Waals surface area (Å²) in [7, 11) is 1.59. The summed E-state index contributed by atoms with van der Waals surface area (Å²) in [6, 6.07) is 20.4. The summed E-state index contributed by atoms with van der Waals surface area (Å²) in [5, 5.41) is 2.96. The fraction of sp³-hybridized carbons (Fsp3) is 0.269. The van der Waals surface area contributed by atoms with Crippen molar-refractivity contribution in [2.24, 2.45) is 0 Å². The molecular weight excluding hydrogens is 402 g/mol. The van der Waals surface area contributed by atoms with Gasteiger partial charge in [-0.1, -0.05) is 24.3 Å². The monoisotopic (exact) mass is 429 g/mol. The number of benzene rings is 2. The number of likely N-dealkylation sites (tertiary alicyclic amines) is 1. The van der Waals surface area contributed by atoms with E-state index >= 15 is 0 Å². The van der Waals surface area contributed by atoms with Crippen LogP contribution in [0.1, 0.15) is 50.9 Å². The quantitative estimate of drug-likeness (QED) is 0.640. The number of carbonyl (C=O) groups excluding carboxylic acids is 2. The first-order chi connectivity index (χ1) is 15.5. The van der Waals surface area contributed by atoms with Crippen LogP contribution in [0.25, 0.3) is 0 Å². The van der Waals surface area contributed by atoms with Crippen molar-refractivity contribution in [3.63, 3.8) is 0 Å². The third kappa shape index (κ3) is 4.80. The molecule has 0 unspecified atom stereocenters. The highest BCUT2D eigenvalue weighted by molar-refractivity contribution is 6.05. The second-order valence-electron chi connectivity index (χ2n) is 8.00. The number of hydrogen-bond donors (Lipinski definition) is 1. The number of carbonyl (C=O) groups is 2. The summed E-state index contributed by atoms with van der Waals surface area (Å²) < 4.78 is 5.24. The summed E-state index contributed by atoms with van der Waals surface area (Å²) >= 11 is 0. The number of methoxy groups -OCH3 is 1. The molecule has 1 aliphatic rings. The molecule has 2 aromatic carbocycles. The van der Waals surface area contributed by atoms with E-state index in [1.54, 1.807) is 13.2 Å². The van der Waals surface area contributed by atoms with Gasteiger partial charge < -0.3 is 15.0 Å². The second kappa shape index (κ2) is 9.64. The van der Waals surface area contributed by atoms with E-state index in [0.29, 0.717) is 30.0 Å². The van der Waals surface area contributed by atoms with Gasteiger partial charge in [0.2, 0.25) is 0 Å². The molecule has 32 heavy (non-hydrogen) atoms. The number of piperidine rings is 1. The Kier molecular flexibility index (Phi) is 6.50. The summed E-state index contributed by atoms with van der Waals surface area (Å²) in [6.07, 6.45) is 1.52. The van der Waals surface area contributed by atoms with Crippen LogP contribution in [0.15, 0.2) is 66.7 Å². The van der Waals surface area contributed by atoms with Crippen LogP contribution < -0.4 is 10.1 Å². The maximum Gasteiger partial charge on any atom is 0.257 e. The molecule has 3 aromatic rings. The summed E-state index contributed by atoms with van der Waals surface area (Å²) in [4.78, 5) is 32.5. The molecule has 1 aromatic heterocycles. The average molecular weight is 430 g/mol.